The number of pyridine rings is 1. The molecule has 0 aliphatic carbocycles. The molecule has 4 N–H and O–H groups in total. The van der Waals surface area contributed by atoms with Crippen LogP contribution in [-0.4, -0.2) is 23.5 Å². The number of aromatic amines is 1. The van der Waals surface area contributed by atoms with Crippen molar-refractivity contribution in [3.05, 3.63) is 33.7 Å². The normalized spacial score (nSPS) is 12.2. The van der Waals surface area contributed by atoms with Crippen molar-refractivity contribution < 1.29 is 4.79 Å². The van der Waals surface area contributed by atoms with Crippen molar-refractivity contribution >= 4 is 5.91 Å². The summed E-state index contributed by atoms with van der Waals surface area (Å²) in [4.78, 5) is 26.4. The van der Waals surface area contributed by atoms with E-state index in [4.69, 9.17) is 5.73 Å². The number of hydrogen-bond acceptors (Lipinski definition) is 3. The third kappa shape index (κ3) is 4.00. The lowest BCUT2D eigenvalue weighted by Crippen LogP contribution is -2.41. The lowest BCUT2D eigenvalue weighted by Gasteiger charge is -2.16. The van der Waals surface area contributed by atoms with Crippen LogP contribution in [0.15, 0.2) is 17.1 Å². The quantitative estimate of drug-likeness (QED) is 0.702. The van der Waals surface area contributed by atoms with Crippen LogP contribution in [0.1, 0.15) is 42.2 Å². The van der Waals surface area contributed by atoms with E-state index in [0.29, 0.717) is 6.54 Å². The van der Waals surface area contributed by atoms with E-state index in [2.05, 4.69) is 17.2 Å². The molecule has 0 saturated heterocycles. The van der Waals surface area contributed by atoms with E-state index in [1.807, 2.05) is 0 Å². The van der Waals surface area contributed by atoms with Gasteiger partial charge in [0, 0.05) is 30.5 Å². The van der Waals surface area contributed by atoms with Crippen molar-refractivity contribution in [2.75, 3.05) is 6.54 Å². The minimum absolute atomic E-state index is 0.0712. The summed E-state index contributed by atoms with van der Waals surface area (Å²) in [7, 11) is 0. The highest BCUT2D eigenvalue weighted by Crippen LogP contribution is 2.01. The van der Waals surface area contributed by atoms with E-state index in [0.717, 1.165) is 25.0 Å². The molecule has 0 bridgehead atoms. The average molecular weight is 251 g/mol. The standard InChI is InChI=1S/C13H21N3O2/c1-3-4-5-10(7-14)16-13(18)11-8-15-9(2)6-12(11)17/h6,8,10H,3-5,7,14H2,1-2H3,(H,15,17)(H,16,18). The monoisotopic (exact) mass is 251 g/mol. The Kier molecular flexibility index (Phi) is 5.58. The number of hydrogen-bond donors (Lipinski definition) is 3. The summed E-state index contributed by atoms with van der Waals surface area (Å²) in [5.41, 5.74) is 6.20. The van der Waals surface area contributed by atoms with Gasteiger partial charge < -0.3 is 16.0 Å². The van der Waals surface area contributed by atoms with Crippen molar-refractivity contribution in [3.63, 3.8) is 0 Å². The molecule has 1 heterocycles. The second-order valence-electron chi connectivity index (χ2n) is 4.44. The number of unbranched alkanes of at least 4 members (excludes halogenated alkanes) is 1. The zero-order valence-electron chi connectivity index (χ0n) is 11.0. The fourth-order valence-electron chi connectivity index (χ4n) is 1.71. The van der Waals surface area contributed by atoms with Gasteiger partial charge in [0.1, 0.15) is 5.56 Å². The van der Waals surface area contributed by atoms with Gasteiger partial charge in [-0.15, -0.1) is 0 Å². The molecule has 0 saturated carbocycles. The number of amides is 1. The van der Waals surface area contributed by atoms with Gasteiger partial charge in [-0.3, -0.25) is 9.59 Å². The minimum atomic E-state index is -0.359. The van der Waals surface area contributed by atoms with E-state index in [-0.39, 0.29) is 22.9 Å². The molecular formula is C13H21N3O2. The first-order valence-electron chi connectivity index (χ1n) is 6.28. The third-order valence-corrected chi connectivity index (χ3v) is 2.83. The fraction of sp³-hybridized carbons (Fsp3) is 0.538. The molecular weight excluding hydrogens is 230 g/mol. The Bertz CT molecular complexity index is 454. The van der Waals surface area contributed by atoms with Crippen LogP contribution in [-0.2, 0) is 0 Å². The van der Waals surface area contributed by atoms with Crippen LogP contribution in [0, 0.1) is 6.92 Å². The highest BCUT2D eigenvalue weighted by Gasteiger charge is 2.14. The maximum atomic E-state index is 11.9. The molecule has 1 aromatic heterocycles. The summed E-state index contributed by atoms with van der Waals surface area (Å²) < 4.78 is 0. The maximum absolute atomic E-state index is 11.9. The number of nitrogens with one attached hydrogen (secondary N) is 2. The summed E-state index contributed by atoms with van der Waals surface area (Å²) in [6.07, 6.45) is 4.34. The van der Waals surface area contributed by atoms with Crippen molar-refractivity contribution in [2.45, 2.75) is 39.2 Å². The van der Waals surface area contributed by atoms with Gasteiger partial charge in [-0.2, -0.15) is 0 Å². The van der Waals surface area contributed by atoms with Crippen LogP contribution < -0.4 is 16.5 Å². The summed E-state index contributed by atoms with van der Waals surface area (Å²) >= 11 is 0. The number of carbonyl (C=O) groups is 1. The molecule has 18 heavy (non-hydrogen) atoms. The molecule has 0 fully saturated rings. The van der Waals surface area contributed by atoms with Crippen LogP contribution >= 0.6 is 0 Å². The Morgan fingerprint density at radius 2 is 2.28 bits per heavy atom. The first-order valence-corrected chi connectivity index (χ1v) is 6.28. The predicted octanol–water partition coefficient (Wildman–Crippen LogP) is 0.931. The number of H-pyrrole nitrogens is 1. The first-order chi connectivity index (χ1) is 8.58. The molecule has 5 nitrogen and oxygen atoms in total. The van der Waals surface area contributed by atoms with Gasteiger partial charge in [-0.25, -0.2) is 0 Å². The van der Waals surface area contributed by atoms with E-state index in [1.54, 1.807) is 6.92 Å². The summed E-state index contributed by atoms with van der Waals surface area (Å²) in [6, 6.07) is 1.34. The van der Waals surface area contributed by atoms with Crippen LogP contribution in [0.3, 0.4) is 0 Å². The molecule has 1 rings (SSSR count). The lowest BCUT2D eigenvalue weighted by molar-refractivity contribution is 0.0934. The number of rotatable bonds is 6. The third-order valence-electron chi connectivity index (χ3n) is 2.83. The van der Waals surface area contributed by atoms with E-state index in [9.17, 15) is 9.59 Å². The molecule has 0 radical (unpaired) electrons. The average Bonchev–Trinajstić information content (AvgIpc) is 2.34. The van der Waals surface area contributed by atoms with Gasteiger partial charge in [0.05, 0.1) is 0 Å². The van der Waals surface area contributed by atoms with Gasteiger partial charge in [0.15, 0.2) is 5.43 Å². The second-order valence-corrected chi connectivity index (χ2v) is 4.44. The van der Waals surface area contributed by atoms with Gasteiger partial charge in [0.2, 0.25) is 0 Å². The van der Waals surface area contributed by atoms with Crippen molar-refractivity contribution in [2.24, 2.45) is 5.73 Å². The zero-order valence-corrected chi connectivity index (χ0v) is 11.0. The van der Waals surface area contributed by atoms with Crippen molar-refractivity contribution in [1.82, 2.24) is 10.3 Å². The van der Waals surface area contributed by atoms with Gasteiger partial charge in [0.25, 0.3) is 5.91 Å². The van der Waals surface area contributed by atoms with E-state index in [1.165, 1.54) is 12.3 Å². The van der Waals surface area contributed by atoms with Crippen LogP contribution in [0.2, 0.25) is 0 Å². The summed E-state index contributed by atoms with van der Waals surface area (Å²) in [5.74, 6) is -0.359. The molecule has 0 spiro atoms. The number of aromatic nitrogens is 1. The van der Waals surface area contributed by atoms with E-state index >= 15 is 0 Å². The Morgan fingerprint density at radius 3 is 2.83 bits per heavy atom. The molecule has 1 amide bonds. The zero-order chi connectivity index (χ0) is 13.5. The molecule has 0 aromatic carbocycles. The molecule has 100 valence electrons. The molecule has 0 aliphatic heterocycles. The summed E-state index contributed by atoms with van der Waals surface area (Å²) in [5, 5.41) is 2.79. The number of carbonyl (C=O) groups excluding carboxylic acids is 1. The Morgan fingerprint density at radius 1 is 1.56 bits per heavy atom. The van der Waals surface area contributed by atoms with Gasteiger partial charge >= 0.3 is 0 Å². The van der Waals surface area contributed by atoms with Crippen LogP contribution in [0.5, 0.6) is 0 Å². The van der Waals surface area contributed by atoms with E-state index < -0.39 is 0 Å². The molecule has 5 heteroatoms. The molecule has 1 atom stereocenters. The summed E-state index contributed by atoms with van der Waals surface area (Å²) in [6.45, 7) is 4.24. The van der Waals surface area contributed by atoms with Crippen LogP contribution in [0.25, 0.3) is 0 Å². The molecule has 1 unspecified atom stereocenters. The smallest absolute Gasteiger partial charge is 0.257 e. The maximum Gasteiger partial charge on any atom is 0.257 e. The van der Waals surface area contributed by atoms with Gasteiger partial charge in [-0.1, -0.05) is 19.8 Å². The van der Waals surface area contributed by atoms with Crippen molar-refractivity contribution in [3.8, 4) is 0 Å². The predicted molar refractivity (Wildman–Crippen MR) is 71.6 cm³/mol. The molecule has 1 aromatic rings. The topological polar surface area (TPSA) is 88.0 Å². The number of nitrogens with two attached hydrogens (primary N) is 1. The second kappa shape index (κ2) is 6.96. The molecule has 0 aliphatic rings. The Labute approximate surface area is 107 Å². The van der Waals surface area contributed by atoms with Crippen LogP contribution in [0.4, 0.5) is 0 Å². The van der Waals surface area contributed by atoms with Crippen molar-refractivity contribution in [1.29, 1.82) is 0 Å². The first kappa shape index (κ1) is 14.4. The lowest BCUT2D eigenvalue weighted by atomic mass is 10.1. The minimum Gasteiger partial charge on any atom is -0.364 e. The Balaban J connectivity index is 2.71. The largest absolute Gasteiger partial charge is 0.364 e. The fourth-order valence-corrected chi connectivity index (χ4v) is 1.71. The SMILES string of the molecule is CCCCC(CN)NC(=O)c1c[nH]c(C)cc1=O. The Hall–Kier alpha value is -1.62. The van der Waals surface area contributed by atoms with Gasteiger partial charge in [-0.05, 0) is 13.3 Å². The highest BCUT2D eigenvalue weighted by molar-refractivity contribution is 5.93. The number of aryl methyl sites for hydroxylation is 1. The highest BCUT2D eigenvalue weighted by atomic mass is 16.2.